The van der Waals surface area contributed by atoms with Crippen molar-refractivity contribution < 1.29 is 13.6 Å². The first-order valence-electron chi connectivity index (χ1n) is 7.84. The molecule has 0 bridgehead atoms. The number of benzene rings is 2. The number of hydrogen-bond acceptors (Lipinski definition) is 5. The third-order valence-corrected chi connectivity index (χ3v) is 5.25. The number of aromatic nitrogens is 1. The summed E-state index contributed by atoms with van der Waals surface area (Å²) in [6.45, 7) is 0.612. The van der Waals surface area contributed by atoms with E-state index in [9.17, 15) is 9.18 Å². The van der Waals surface area contributed by atoms with Gasteiger partial charge in [-0.05, 0) is 48.6 Å². The molecule has 4 nitrogen and oxygen atoms in total. The quantitative estimate of drug-likeness (QED) is 0.468. The summed E-state index contributed by atoms with van der Waals surface area (Å²) in [7, 11) is 0. The molecule has 7 heteroatoms. The summed E-state index contributed by atoms with van der Waals surface area (Å²) < 4.78 is 18.4. The number of halogens is 1. The van der Waals surface area contributed by atoms with Gasteiger partial charge in [-0.3, -0.25) is 4.79 Å². The van der Waals surface area contributed by atoms with Crippen LogP contribution in [0.15, 0.2) is 63.1 Å². The molecule has 0 aliphatic carbocycles. The fourth-order valence-corrected chi connectivity index (χ4v) is 3.63. The van der Waals surface area contributed by atoms with Crippen LogP contribution in [0.25, 0.3) is 11.1 Å². The van der Waals surface area contributed by atoms with Crippen LogP contribution in [0.5, 0.6) is 0 Å². The predicted molar refractivity (Wildman–Crippen MR) is 99.5 cm³/mol. The van der Waals surface area contributed by atoms with Crippen LogP contribution in [0.4, 0.5) is 4.39 Å². The third-order valence-electron chi connectivity index (χ3n) is 3.33. The lowest BCUT2D eigenvalue weighted by molar-refractivity contribution is -0.118. The number of carbonyl (C=O) groups excluding carboxylic acids is 1. The molecule has 0 saturated heterocycles. The normalized spacial score (nSPS) is 10.9. The summed E-state index contributed by atoms with van der Waals surface area (Å²) in [5.74, 6) is 0.870. The molecule has 3 aromatic rings. The molecule has 0 atom stereocenters. The number of nitrogens with zero attached hydrogens (tertiary/aromatic N) is 1. The monoisotopic (exact) mass is 376 g/mol. The number of hydrogen-bond donors (Lipinski definition) is 1. The highest BCUT2D eigenvalue weighted by molar-refractivity contribution is 7.99. The summed E-state index contributed by atoms with van der Waals surface area (Å²) in [5.41, 5.74) is 1.52. The lowest BCUT2D eigenvalue weighted by Gasteiger charge is -2.04. The van der Waals surface area contributed by atoms with Crippen molar-refractivity contribution in [2.45, 2.75) is 16.5 Å². The summed E-state index contributed by atoms with van der Waals surface area (Å²) in [5, 5.41) is 3.38. The zero-order valence-electron chi connectivity index (χ0n) is 13.4. The number of nitrogens with one attached hydrogen (secondary N) is 1. The molecule has 1 aromatic heterocycles. The maximum Gasteiger partial charge on any atom is 0.257 e. The Hall–Kier alpha value is -1.99. The highest BCUT2D eigenvalue weighted by Crippen LogP contribution is 2.23. The average molecular weight is 376 g/mol. The number of para-hydroxylation sites is 2. The first-order chi connectivity index (χ1) is 12.2. The Bertz CT molecular complexity index is 803. The summed E-state index contributed by atoms with van der Waals surface area (Å²) in [4.78, 5) is 17.2. The summed E-state index contributed by atoms with van der Waals surface area (Å²) in [6, 6.07) is 13.9. The molecular weight excluding hydrogens is 359 g/mol. The number of amides is 1. The largest absolute Gasteiger partial charge is 0.431 e. The molecule has 1 amide bonds. The Kier molecular flexibility index (Phi) is 6.36. The zero-order valence-corrected chi connectivity index (χ0v) is 15.0. The van der Waals surface area contributed by atoms with Gasteiger partial charge in [0.05, 0.1) is 5.75 Å². The third kappa shape index (κ3) is 5.51. The second kappa shape index (κ2) is 8.92. The van der Waals surface area contributed by atoms with E-state index in [1.54, 1.807) is 23.9 Å². The molecular formula is C18H17FN2O2S2. The van der Waals surface area contributed by atoms with E-state index < -0.39 is 0 Å². The molecule has 1 N–H and O–H groups in total. The second-order valence-electron chi connectivity index (χ2n) is 5.24. The maximum absolute atomic E-state index is 12.8. The second-order valence-corrected chi connectivity index (χ2v) is 7.34. The van der Waals surface area contributed by atoms with Crippen LogP contribution in [0.2, 0.25) is 0 Å². The van der Waals surface area contributed by atoms with Crippen LogP contribution < -0.4 is 5.32 Å². The zero-order chi connectivity index (χ0) is 17.5. The number of thioether (sulfide) groups is 2. The van der Waals surface area contributed by atoms with Crippen LogP contribution in [0.1, 0.15) is 6.42 Å². The Morgan fingerprint density at radius 3 is 2.72 bits per heavy atom. The number of fused-ring (bicyclic) bond motifs is 1. The first-order valence-corrected chi connectivity index (χ1v) is 9.81. The van der Waals surface area contributed by atoms with Gasteiger partial charge < -0.3 is 9.73 Å². The van der Waals surface area contributed by atoms with Gasteiger partial charge in [-0.1, -0.05) is 23.9 Å². The summed E-state index contributed by atoms with van der Waals surface area (Å²) in [6.07, 6.45) is 0.849. The van der Waals surface area contributed by atoms with Crippen molar-refractivity contribution in [1.29, 1.82) is 0 Å². The fourth-order valence-electron chi connectivity index (χ4n) is 2.11. The molecule has 0 spiro atoms. The topological polar surface area (TPSA) is 55.1 Å². The van der Waals surface area contributed by atoms with Crippen molar-refractivity contribution in [1.82, 2.24) is 10.3 Å². The van der Waals surface area contributed by atoms with Gasteiger partial charge in [-0.15, -0.1) is 11.8 Å². The molecule has 0 fully saturated rings. The van der Waals surface area contributed by atoms with Crippen LogP contribution >= 0.6 is 23.5 Å². The molecule has 0 aliphatic rings. The van der Waals surface area contributed by atoms with Gasteiger partial charge in [0.1, 0.15) is 11.3 Å². The van der Waals surface area contributed by atoms with Crippen LogP contribution in [0, 0.1) is 5.82 Å². The van der Waals surface area contributed by atoms with Gasteiger partial charge in [0.2, 0.25) is 5.91 Å². The van der Waals surface area contributed by atoms with Gasteiger partial charge >= 0.3 is 0 Å². The van der Waals surface area contributed by atoms with E-state index in [1.807, 2.05) is 24.3 Å². The van der Waals surface area contributed by atoms with Crippen molar-refractivity contribution in [3.05, 3.63) is 54.3 Å². The van der Waals surface area contributed by atoms with Gasteiger partial charge in [-0.2, -0.15) is 0 Å². The van der Waals surface area contributed by atoms with Gasteiger partial charge in [-0.25, -0.2) is 9.37 Å². The Labute approximate surface area is 153 Å². The predicted octanol–water partition coefficient (Wildman–Crippen LogP) is 4.36. The molecule has 3 rings (SSSR count). The van der Waals surface area contributed by atoms with E-state index in [0.29, 0.717) is 11.8 Å². The van der Waals surface area contributed by atoms with Crippen molar-refractivity contribution in [3.8, 4) is 0 Å². The molecule has 130 valence electrons. The summed E-state index contributed by atoms with van der Waals surface area (Å²) >= 11 is 2.93. The highest BCUT2D eigenvalue weighted by Gasteiger charge is 2.08. The lowest BCUT2D eigenvalue weighted by atomic mass is 10.3. The number of oxazole rings is 1. The maximum atomic E-state index is 12.8. The molecule has 2 aromatic carbocycles. The van der Waals surface area contributed by atoms with Gasteiger partial charge in [0.15, 0.2) is 5.58 Å². The van der Waals surface area contributed by atoms with Crippen molar-refractivity contribution in [2.75, 3.05) is 18.1 Å². The molecule has 0 radical (unpaired) electrons. The van der Waals surface area contributed by atoms with E-state index >= 15 is 0 Å². The highest BCUT2D eigenvalue weighted by atomic mass is 32.2. The Morgan fingerprint density at radius 1 is 1.12 bits per heavy atom. The first kappa shape index (κ1) is 17.8. The van der Waals surface area contributed by atoms with E-state index in [2.05, 4.69) is 10.3 Å². The van der Waals surface area contributed by atoms with Crippen molar-refractivity contribution in [3.63, 3.8) is 0 Å². The Morgan fingerprint density at radius 2 is 1.92 bits per heavy atom. The van der Waals surface area contributed by atoms with E-state index in [4.69, 9.17) is 4.42 Å². The van der Waals surface area contributed by atoms with E-state index in [1.165, 1.54) is 23.9 Å². The van der Waals surface area contributed by atoms with Crippen molar-refractivity contribution >= 4 is 40.5 Å². The standard InChI is InChI=1S/C18H17FN2O2S2/c19-13-6-8-14(9-7-13)24-11-3-10-20-17(22)12-25-18-21-15-4-1-2-5-16(15)23-18/h1-2,4-9H,3,10-12H2,(H,20,22). The minimum atomic E-state index is -0.229. The minimum absolute atomic E-state index is 0.0426. The van der Waals surface area contributed by atoms with E-state index in [0.717, 1.165) is 28.2 Å². The SMILES string of the molecule is O=C(CSc1nc2ccccc2o1)NCCCSc1ccc(F)cc1. The van der Waals surface area contributed by atoms with E-state index in [-0.39, 0.29) is 17.5 Å². The fraction of sp³-hybridized carbons (Fsp3) is 0.222. The number of carbonyl (C=O) groups is 1. The average Bonchev–Trinajstić information content (AvgIpc) is 3.04. The molecule has 0 unspecified atom stereocenters. The van der Waals surface area contributed by atoms with Crippen LogP contribution in [0.3, 0.4) is 0 Å². The van der Waals surface area contributed by atoms with Crippen molar-refractivity contribution in [2.24, 2.45) is 0 Å². The number of rotatable bonds is 8. The smallest absolute Gasteiger partial charge is 0.257 e. The lowest BCUT2D eigenvalue weighted by Crippen LogP contribution is -2.26. The Balaban J connectivity index is 1.32. The van der Waals surface area contributed by atoms with Gasteiger partial charge in [0, 0.05) is 11.4 Å². The van der Waals surface area contributed by atoms with Crippen LogP contribution in [-0.4, -0.2) is 28.9 Å². The molecule has 1 heterocycles. The minimum Gasteiger partial charge on any atom is -0.431 e. The van der Waals surface area contributed by atoms with Gasteiger partial charge in [0.25, 0.3) is 5.22 Å². The molecule has 0 saturated carbocycles. The molecule has 0 aliphatic heterocycles. The van der Waals surface area contributed by atoms with Crippen LogP contribution in [-0.2, 0) is 4.79 Å². The molecule has 25 heavy (non-hydrogen) atoms.